The van der Waals surface area contributed by atoms with Crippen molar-refractivity contribution in [3.8, 4) is 28.3 Å². The summed E-state index contributed by atoms with van der Waals surface area (Å²) in [5, 5.41) is 7.65. The van der Waals surface area contributed by atoms with Gasteiger partial charge in [-0.3, -0.25) is 4.79 Å². The topological polar surface area (TPSA) is 70.8 Å². The number of aromatic amines is 2. The molecule has 0 atom stereocenters. The number of benzene rings is 2. The Hall–Kier alpha value is -3.34. The molecule has 122 valence electrons. The van der Waals surface area contributed by atoms with Gasteiger partial charge in [0.05, 0.1) is 23.7 Å². The van der Waals surface area contributed by atoms with Crippen molar-refractivity contribution in [2.45, 2.75) is 6.42 Å². The third kappa shape index (κ3) is 1.96. The van der Waals surface area contributed by atoms with Crippen molar-refractivity contribution < 1.29 is 4.74 Å². The van der Waals surface area contributed by atoms with Crippen molar-refractivity contribution in [2.24, 2.45) is 0 Å². The number of aromatic nitrogens is 3. The van der Waals surface area contributed by atoms with E-state index in [-0.39, 0.29) is 5.56 Å². The fraction of sp³-hybridized carbons (Fsp3) is 0.100. The fourth-order valence-electron chi connectivity index (χ4n) is 3.66. The molecule has 25 heavy (non-hydrogen) atoms. The summed E-state index contributed by atoms with van der Waals surface area (Å²) in [6.45, 7) is 0. The maximum Gasteiger partial charge on any atom is 0.273 e. The zero-order valence-electron chi connectivity index (χ0n) is 13.6. The first-order chi connectivity index (χ1) is 12.3. The molecule has 4 aromatic rings. The van der Waals surface area contributed by atoms with E-state index < -0.39 is 0 Å². The molecule has 0 aliphatic heterocycles. The molecule has 0 radical (unpaired) electrons. The highest BCUT2D eigenvalue weighted by atomic mass is 16.5. The Labute approximate surface area is 143 Å². The number of methoxy groups -OCH3 is 1. The van der Waals surface area contributed by atoms with E-state index in [4.69, 9.17) is 4.74 Å². The standard InChI is InChI=1S/C20H15N3O2/c1-25-13-8-6-11(7-9-13)17-19-16(20(24)23-22-17)15-10-12-4-2-3-5-14(12)18(15)21-19/h2-9,21H,10H2,1H3,(H,23,24). The molecule has 0 fully saturated rings. The molecule has 2 aromatic heterocycles. The van der Waals surface area contributed by atoms with Crippen LogP contribution in [0.5, 0.6) is 5.75 Å². The smallest absolute Gasteiger partial charge is 0.273 e. The van der Waals surface area contributed by atoms with Crippen LogP contribution in [-0.2, 0) is 6.42 Å². The highest BCUT2D eigenvalue weighted by molar-refractivity contribution is 5.99. The molecule has 0 amide bonds. The Morgan fingerprint density at radius 2 is 1.88 bits per heavy atom. The second-order valence-electron chi connectivity index (χ2n) is 6.19. The zero-order valence-corrected chi connectivity index (χ0v) is 13.6. The van der Waals surface area contributed by atoms with Gasteiger partial charge in [-0.05, 0) is 35.4 Å². The first-order valence-electron chi connectivity index (χ1n) is 8.12. The minimum absolute atomic E-state index is 0.155. The van der Waals surface area contributed by atoms with E-state index >= 15 is 0 Å². The Morgan fingerprint density at radius 3 is 2.68 bits per heavy atom. The maximum absolute atomic E-state index is 12.5. The third-order valence-electron chi connectivity index (χ3n) is 4.85. The molecular formula is C20H15N3O2. The van der Waals surface area contributed by atoms with Crippen LogP contribution in [0, 0.1) is 0 Å². The number of hydrogen-bond donors (Lipinski definition) is 2. The first kappa shape index (κ1) is 14.0. The minimum Gasteiger partial charge on any atom is -0.497 e. The van der Waals surface area contributed by atoms with E-state index in [0.29, 0.717) is 5.39 Å². The SMILES string of the molecule is COc1ccc(-c2n[nH]c(=O)c3c4c([nH]c23)-c2ccccc2C4)cc1. The number of nitrogens with one attached hydrogen (secondary N) is 2. The van der Waals surface area contributed by atoms with Gasteiger partial charge in [0, 0.05) is 17.5 Å². The Kier molecular flexibility index (Phi) is 2.85. The van der Waals surface area contributed by atoms with Gasteiger partial charge < -0.3 is 9.72 Å². The Morgan fingerprint density at radius 1 is 1.08 bits per heavy atom. The monoisotopic (exact) mass is 329 g/mol. The van der Waals surface area contributed by atoms with Gasteiger partial charge in [-0.1, -0.05) is 24.3 Å². The van der Waals surface area contributed by atoms with Crippen LogP contribution in [0.25, 0.3) is 33.4 Å². The molecule has 1 aliphatic rings. The number of rotatable bonds is 2. The van der Waals surface area contributed by atoms with Crippen LogP contribution in [0.15, 0.2) is 53.3 Å². The fourth-order valence-corrected chi connectivity index (χ4v) is 3.66. The van der Waals surface area contributed by atoms with Gasteiger partial charge in [0.1, 0.15) is 11.4 Å². The summed E-state index contributed by atoms with van der Waals surface area (Å²) < 4.78 is 5.21. The summed E-state index contributed by atoms with van der Waals surface area (Å²) in [5.74, 6) is 0.785. The molecule has 0 bridgehead atoms. The zero-order chi connectivity index (χ0) is 17.0. The van der Waals surface area contributed by atoms with E-state index in [2.05, 4.69) is 27.3 Å². The first-order valence-corrected chi connectivity index (χ1v) is 8.12. The van der Waals surface area contributed by atoms with Crippen molar-refractivity contribution in [1.82, 2.24) is 15.2 Å². The van der Waals surface area contributed by atoms with E-state index in [1.54, 1.807) is 7.11 Å². The van der Waals surface area contributed by atoms with Crippen LogP contribution in [0.1, 0.15) is 11.1 Å². The molecule has 5 heteroatoms. The molecule has 1 aliphatic carbocycles. The van der Waals surface area contributed by atoms with Crippen molar-refractivity contribution in [1.29, 1.82) is 0 Å². The van der Waals surface area contributed by atoms with Gasteiger partial charge in [-0.15, -0.1) is 0 Å². The Bertz CT molecular complexity index is 1170. The van der Waals surface area contributed by atoms with Gasteiger partial charge in [0.15, 0.2) is 0 Å². The summed E-state index contributed by atoms with van der Waals surface area (Å²) in [7, 11) is 1.64. The van der Waals surface area contributed by atoms with Gasteiger partial charge in [0.2, 0.25) is 0 Å². The number of hydrogen-bond acceptors (Lipinski definition) is 3. The molecule has 5 rings (SSSR count). The van der Waals surface area contributed by atoms with E-state index in [9.17, 15) is 4.79 Å². The summed E-state index contributed by atoms with van der Waals surface area (Å²) in [5.41, 5.74) is 6.78. The summed E-state index contributed by atoms with van der Waals surface area (Å²) in [6, 6.07) is 15.9. The van der Waals surface area contributed by atoms with Crippen molar-refractivity contribution in [2.75, 3.05) is 7.11 Å². The quantitative estimate of drug-likeness (QED) is 0.521. The lowest BCUT2D eigenvalue weighted by Crippen LogP contribution is -2.10. The molecule has 0 spiro atoms. The minimum atomic E-state index is -0.155. The molecule has 0 saturated heterocycles. The predicted octanol–water partition coefficient (Wildman–Crippen LogP) is 3.50. The molecule has 2 heterocycles. The van der Waals surface area contributed by atoms with Crippen LogP contribution in [0.4, 0.5) is 0 Å². The van der Waals surface area contributed by atoms with Crippen molar-refractivity contribution in [3.63, 3.8) is 0 Å². The number of ether oxygens (including phenoxy) is 1. The Balaban J connectivity index is 1.78. The normalized spacial score (nSPS) is 12.2. The van der Waals surface area contributed by atoms with Gasteiger partial charge in [0.25, 0.3) is 5.56 Å². The van der Waals surface area contributed by atoms with Crippen LogP contribution in [0.3, 0.4) is 0 Å². The second kappa shape index (κ2) is 5.08. The summed E-state index contributed by atoms with van der Waals surface area (Å²) in [6.07, 6.45) is 0.765. The van der Waals surface area contributed by atoms with Crippen molar-refractivity contribution >= 4 is 10.9 Å². The van der Waals surface area contributed by atoms with Crippen LogP contribution < -0.4 is 10.3 Å². The van der Waals surface area contributed by atoms with Gasteiger partial charge >= 0.3 is 0 Å². The molecular weight excluding hydrogens is 314 g/mol. The highest BCUT2D eigenvalue weighted by Gasteiger charge is 2.26. The van der Waals surface area contributed by atoms with E-state index in [0.717, 1.165) is 45.8 Å². The van der Waals surface area contributed by atoms with Crippen LogP contribution in [-0.4, -0.2) is 22.3 Å². The van der Waals surface area contributed by atoms with Crippen LogP contribution in [0.2, 0.25) is 0 Å². The lowest BCUT2D eigenvalue weighted by molar-refractivity contribution is 0.415. The third-order valence-corrected chi connectivity index (χ3v) is 4.85. The summed E-state index contributed by atoms with van der Waals surface area (Å²) in [4.78, 5) is 15.9. The van der Waals surface area contributed by atoms with Gasteiger partial charge in [-0.2, -0.15) is 5.10 Å². The van der Waals surface area contributed by atoms with Crippen LogP contribution >= 0.6 is 0 Å². The second-order valence-corrected chi connectivity index (χ2v) is 6.19. The number of H-pyrrole nitrogens is 2. The maximum atomic E-state index is 12.5. The lowest BCUT2D eigenvalue weighted by Gasteiger charge is -2.05. The predicted molar refractivity (Wildman–Crippen MR) is 96.9 cm³/mol. The number of fused-ring (bicyclic) bond motifs is 5. The molecule has 2 aromatic carbocycles. The largest absolute Gasteiger partial charge is 0.497 e. The summed E-state index contributed by atoms with van der Waals surface area (Å²) >= 11 is 0. The van der Waals surface area contributed by atoms with Crippen molar-refractivity contribution in [3.05, 3.63) is 70.0 Å². The molecule has 0 unspecified atom stereocenters. The van der Waals surface area contributed by atoms with E-state index in [1.165, 1.54) is 5.56 Å². The highest BCUT2D eigenvalue weighted by Crippen LogP contribution is 2.40. The molecule has 5 nitrogen and oxygen atoms in total. The average molecular weight is 329 g/mol. The molecule has 2 N–H and O–H groups in total. The lowest BCUT2D eigenvalue weighted by atomic mass is 10.1. The average Bonchev–Trinajstić information content (AvgIpc) is 3.19. The van der Waals surface area contributed by atoms with Gasteiger partial charge in [-0.25, -0.2) is 5.10 Å². The number of nitrogens with zero attached hydrogens (tertiary/aromatic N) is 1. The molecule has 0 saturated carbocycles. The van der Waals surface area contributed by atoms with E-state index in [1.807, 2.05) is 36.4 Å².